The van der Waals surface area contributed by atoms with Crippen LogP contribution in [0.4, 0.5) is 0 Å². The molecule has 0 fully saturated rings. The third-order valence-corrected chi connectivity index (χ3v) is 31.5. The Morgan fingerprint density at radius 2 is 0.327 bits per heavy atom. The number of aryl methyl sites for hydroxylation is 2. The fourth-order valence-corrected chi connectivity index (χ4v) is 24.8. The number of hydrogen-bond acceptors (Lipinski definition) is 0. The Morgan fingerprint density at radius 3 is 0.537 bits per heavy atom. The molecule has 0 bridgehead atoms. The van der Waals surface area contributed by atoms with Crippen LogP contribution in [0.15, 0.2) is 510 Å². The minimum atomic E-state index is 0.111. The van der Waals surface area contributed by atoms with Gasteiger partial charge in [-0.2, -0.15) is 0 Å². The molecular weight excluding hydrogens is 1770 g/mol. The van der Waals surface area contributed by atoms with Gasteiger partial charge in [0, 0.05) is 49.4 Å². The van der Waals surface area contributed by atoms with Crippen LogP contribution in [-0.4, -0.2) is 13.7 Å². The summed E-state index contributed by atoms with van der Waals surface area (Å²) in [4.78, 5) is 0. The first kappa shape index (κ1) is 86.4. The highest BCUT2D eigenvalue weighted by Gasteiger charge is 2.27. The molecule has 0 radical (unpaired) electrons. The van der Waals surface area contributed by atoms with Gasteiger partial charge in [-0.3, -0.25) is 0 Å². The van der Waals surface area contributed by atoms with Crippen LogP contribution in [0.5, 0.6) is 0 Å². The summed E-state index contributed by atoms with van der Waals surface area (Å²) in [5.41, 5.74) is 30.1. The van der Waals surface area contributed by atoms with E-state index in [1.54, 1.807) is 0 Å². The molecule has 30 aromatic rings. The summed E-state index contributed by atoms with van der Waals surface area (Å²) in [6.45, 7) is 11.2. The van der Waals surface area contributed by atoms with Crippen molar-refractivity contribution in [3.8, 4) is 83.8 Å². The van der Waals surface area contributed by atoms with Crippen LogP contribution >= 0.6 is 0 Å². The van der Waals surface area contributed by atoms with Gasteiger partial charge in [0.15, 0.2) is 0 Å². The summed E-state index contributed by atoms with van der Waals surface area (Å²) < 4.78 is 7.35. The number of benzene rings is 27. The van der Waals surface area contributed by atoms with Crippen molar-refractivity contribution in [1.29, 1.82) is 0 Å². The number of rotatable bonds is 9. The van der Waals surface area contributed by atoms with Gasteiger partial charge in [-0.25, -0.2) is 0 Å². The van der Waals surface area contributed by atoms with Crippen molar-refractivity contribution < 1.29 is 0 Å². The van der Waals surface area contributed by atoms with Crippen molar-refractivity contribution in [1.82, 2.24) is 13.7 Å². The zero-order valence-corrected chi connectivity index (χ0v) is 82.3. The molecule has 3 nitrogen and oxygen atoms in total. The Morgan fingerprint density at radius 1 is 0.150 bits per heavy atom. The monoisotopic (exact) mass is 1870 g/mol. The van der Waals surface area contributed by atoms with Crippen LogP contribution in [0.25, 0.3) is 279 Å². The number of fused-ring (bicyclic) bond motifs is 27. The van der Waals surface area contributed by atoms with Crippen LogP contribution in [0.3, 0.4) is 0 Å². The maximum atomic E-state index is 2.45. The lowest BCUT2D eigenvalue weighted by molar-refractivity contribution is 0.590. The lowest BCUT2D eigenvalue weighted by atomic mass is 9.83. The van der Waals surface area contributed by atoms with Gasteiger partial charge in [0.1, 0.15) is 0 Å². The lowest BCUT2D eigenvalue weighted by Gasteiger charge is -2.21. The van der Waals surface area contributed by atoms with Gasteiger partial charge in [0.05, 0.1) is 33.1 Å². The quantitative estimate of drug-likeness (QED) is 0.128. The third kappa shape index (κ3) is 14.0. The van der Waals surface area contributed by atoms with E-state index in [4.69, 9.17) is 0 Å². The first-order valence-electron chi connectivity index (χ1n) is 51.3. The minimum absolute atomic E-state index is 0.111. The van der Waals surface area contributed by atoms with Gasteiger partial charge < -0.3 is 13.7 Å². The van der Waals surface area contributed by atoms with E-state index < -0.39 is 0 Å². The molecule has 0 aliphatic heterocycles. The predicted octanol–water partition coefficient (Wildman–Crippen LogP) is 40.1. The molecule has 690 valence electrons. The van der Waals surface area contributed by atoms with Gasteiger partial charge in [-0.15, -0.1) is 0 Å². The lowest BCUT2D eigenvalue weighted by Crippen LogP contribution is -2.10. The zero-order valence-electron chi connectivity index (χ0n) is 82.3. The molecule has 0 aliphatic carbocycles. The summed E-state index contributed by atoms with van der Waals surface area (Å²) in [5, 5.41) is 38.5. The summed E-state index contributed by atoms with van der Waals surface area (Å²) in [5.74, 6) is 0. The second-order valence-electron chi connectivity index (χ2n) is 40.8. The first-order valence-corrected chi connectivity index (χ1v) is 51.3. The molecule has 0 saturated heterocycles. The van der Waals surface area contributed by atoms with Crippen molar-refractivity contribution in [2.75, 3.05) is 0 Å². The number of hydrogen-bond donors (Lipinski definition) is 0. The van der Waals surface area contributed by atoms with Crippen LogP contribution in [0.2, 0.25) is 0 Å². The maximum absolute atomic E-state index is 2.45. The predicted molar refractivity (Wildman–Crippen MR) is 633 cm³/mol. The highest BCUT2D eigenvalue weighted by molar-refractivity contribution is 6.33. The number of aromatic nitrogens is 3. The topological polar surface area (TPSA) is 14.8 Å². The highest BCUT2D eigenvalue weighted by Crippen LogP contribution is 2.52. The summed E-state index contributed by atoms with van der Waals surface area (Å²) in [7, 11) is 0. The molecule has 0 aliphatic rings. The van der Waals surface area contributed by atoms with Crippen LogP contribution < -0.4 is 0 Å². The van der Waals surface area contributed by atoms with E-state index >= 15 is 0 Å². The molecule has 0 saturated carbocycles. The van der Waals surface area contributed by atoms with Crippen LogP contribution in [-0.2, 0) is 5.41 Å². The van der Waals surface area contributed by atoms with Gasteiger partial charge in [-0.05, 0) is 299 Å². The average molecular weight is 1870 g/mol. The van der Waals surface area contributed by atoms with Crippen molar-refractivity contribution in [2.45, 2.75) is 40.0 Å². The van der Waals surface area contributed by atoms with E-state index in [2.05, 4.69) is 558 Å². The highest BCUT2D eigenvalue weighted by atomic mass is 15.0. The molecular formula is C144H99N3. The Labute approximate surface area is 852 Å². The second-order valence-corrected chi connectivity index (χ2v) is 40.8. The van der Waals surface area contributed by atoms with Gasteiger partial charge in [0.25, 0.3) is 0 Å². The molecule has 0 unspecified atom stereocenters. The average Bonchev–Trinajstić information content (AvgIpc) is 1.66. The molecule has 30 rings (SSSR count). The molecule has 0 spiro atoms. The maximum Gasteiger partial charge on any atom is 0.0547 e. The number of nitrogens with zero attached hydrogens (tertiary/aromatic N) is 3. The van der Waals surface area contributed by atoms with E-state index in [9.17, 15) is 0 Å². The molecule has 3 heterocycles. The molecule has 3 aromatic heterocycles. The van der Waals surface area contributed by atoms with Crippen molar-refractivity contribution in [3.05, 3.63) is 526 Å². The fraction of sp³-hybridized carbons (Fsp3) is 0.0417. The normalized spacial score (nSPS) is 12.0. The van der Waals surface area contributed by atoms with E-state index in [0.29, 0.717) is 0 Å². The van der Waals surface area contributed by atoms with Crippen molar-refractivity contribution >= 4 is 195 Å². The smallest absolute Gasteiger partial charge is 0.0547 e. The molecule has 147 heavy (non-hydrogen) atoms. The van der Waals surface area contributed by atoms with E-state index in [1.165, 1.54) is 278 Å². The third-order valence-electron chi connectivity index (χ3n) is 31.5. The summed E-state index contributed by atoms with van der Waals surface area (Å²) in [6, 6.07) is 188. The first-order chi connectivity index (χ1) is 72.5. The fourth-order valence-electron chi connectivity index (χ4n) is 24.8. The SMILES string of the molecule is CC(C)(C)c1ccc(-c2c3ccccc3c(-c3ccc(-n4c5ccc6ccccc6c5c5c6ccccc6ccc54)cc3)c3ccccc23)cc1.Cc1ccc(-c2c3ccccc3c(-c3ccc(-n4c5ccc6ccccc6c5c5c6ccccc6ccc54)cc3)c3ccccc23)cc1.Cc1ccccc1-c1c2ccccc2c(-c2ccc(-n3c4ccc5ccccc5c4c4c5ccccc5ccc43)cc2)c2ccccc12. The Hall–Kier alpha value is -18.5. The Kier molecular flexibility index (Phi) is 20.4. The molecule has 0 amide bonds. The van der Waals surface area contributed by atoms with Gasteiger partial charge >= 0.3 is 0 Å². The van der Waals surface area contributed by atoms with Crippen molar-refractivity contribution in [3.63, 3.8) is 0 Å². The molecule has 0 N–H and O–H groups in total. The standard InChI is InChI=1S/C50H37N.2C47H31N/c1-50(2,3)36-26-20-34(21-27-36)46-40-16-8-10-18-42(40)47(43-19-11-9-17-41(43)46)35-22-28-37(29-23-35)51-44-30-24-32-12-4-6-14-38(32)48(44)49-39-15-7-5-13-33(39)25-31-45(49)51;1-30-12-2-5-15-35(30)45-40-20-10-8-18-38(40)44(39-19-9-11-21-41(39)45)33-22-26-34(27-23-33)48-42-28-24-31-13-3-6-16-36(31)46(42)47-37-17-7-4-14-32(37)25-29-43(47)48;1-30-18-20-33(21-19-30)44-38-14-6-8-16-40(38)45(41-17-9-7-15-39(41)44)34-22-26-35(27-23-34)48-42-28-24-31-10-2-4-12-36(31)46(42)47-37-13-5-3-11-32(37)25-29-43(47)48/h4-31H,1-3H3;2*2-29H,1H3. The Bertz CT molecular complexity index is 10200. The van der Waals surface area contributed by atoms with Crippen molar-refractivity contribution in [2.24, 2.45) is 0 Å². The minimum Gasteiger partial charge on any atom is -0.309 e. The summed E-state index contributed by atoms with van der Waals surface area (Å²) in [6.07, 6.45) is 0. The zero-order chi connectivity index (χ0) is 97.8. The summed E-state index contributed by atoms with van der Waals surface area (Å²) >= 11 is 0. The van der Waals surface area contributed by atoms with Crippen LogP contribution in [0.1, 0.15) is 37.5 Å². The Balaban J connectivity index is 0.000000107. The largest absolute Gasteiger partial charge is 0.309 e. The second kappa shape index (κ2) is 34.7. The van der Waals surface area contributed by atoms with Gasteiger partial charge in [0.2, 0.25) is 0 Å². The van der Waals surface area contributed by atoms with Gasteiger partial charge in [-0.1, -0.05) is 463 Å². The van der Waals surface area contributed by atoms with E-state index in [1.807, 2.05) is 0 Å². The molecule has 0 atom stereocenters. The molecule has 3 heteroatoms. The van der Waals surface area contributed by atoms with Crippen LogP contribution in [0, 0.1) is 13.8 Å². The molecule has 27 aromatic carbocycles. The van der Waals surface area contributed by atoms with E-state index in [-0.39, 0.29) is 5.41 Å². The van der Waals surface area contributed by atoms with E-state index in [0.717, 1.165) is 17.1 Å².